The molecule has 0 bridgehead atoms. The number of nitrogens with zero attached hydrogens (tertiary/aromatic N) is 1. The van der Waals surface area contributed by atoms with E-state index in [1.165, 1.54) is 5.56 Å². The molecule has 3 heteroatoms. The van der Waals surface area contributed by atoms with Gasteiger partial charge >= 0.3 is 0 Å². The Morgan fingerprint density at radius 3 is 3.11 bits per heavy atom. The molecule has 0 aromatic carbocycles. The van der Waals surface area contributed by atoms with Crippen molar-refractivity contribution in [1.29, 1.82) is 0 Å². The number of pyridine rings is 1. The lowest BCUT2D eigenvalue weighted by atomic mass is 9.89. The van der Waals surface area contributed by atoms with E-state index >= 15 is 0 Å². The van der Waals surface area contributed by atoms with Crippen LogP contribution in [-0.4, -0.2) is 23.2 Å². The first-order chi connectivity index (χ1) is 8.63. The average molecular weight is 248 g/mol. The lowest BCUT2D eigenvalue weighted by molar-refractivity contribution is -0.0789. The standard InChI is InChI=1S/C15H24N2O/c1-4-15(3)10-14(7-9-18-15)17-12(2)13-6-5-8-16-11-13/h5-6,8,11-12,14,17H,4,7,9-10H2,1-3H3. The number of rotatable bonds is 4. The molecule has 1 saturated heterocycles. The van der Waals surface area contributed by atoms with Gasteiger partial charge in [0.05, 0.1) is 5.60 Å². The first kappa shape index (κ1) is 13.5. The van der Waals surface area contributed by atoms with E-state index in [1.807, 2.05) is 18.5 Å². The molecule has 0 saturated carbocycles. The van der Waals surface area contributed by atoms with Crippen molar-refractivity contribution in [1.82, 2.24) is 10.3 Å². The van der Waals surface area contributed by atoms with Crippen molar-refractivity contribution in [2.75, 3.05) is 6.61 Å². The average Bonchev–Trinajstić information content (AvgIpc) is 2.40. The molecule has 1 aliphatic heterocycles. The van der Waals surface area contributed by atoms with E-state index in [-0.39, 0.29) is 5.60 Å². The largest absolute Gasteiger partial charge is 0.375 e. The third-order valence-corrected chi connectivity index (χ3v) is 4.01. The fourth-order valence-corrected chi connectivity index (χ4v) is 2.60. The minimum Gasteiger partial charge on any atom is -0.375 e. The number of ether oxygens (including phenoxy) is 1. The Balaban J connectivity index is 1.93. The molecule has 3 unspecified atom stereocenters. The number of hydrogen-bond acceptors (Lipinski definition) is 3. The quantitative estimate of drug-likeness (QED) is 0.889. The second kappa shape index (κ2) is 5.81. The Kier molecular flexibility index (Phi) is 4.36. The predicted octanol–water partition coefficient (Wildman–Crippen LogP) is 3.08. The molecule has 0 aliphatic carbocycles. The van der Waals surface area contributed by atoms with Gasteiger partial charge < -0.3 is 10.1 Å². The van der Waals surface area contributed by atoms with Gasteiger partial charge in [0.2, 0.25) is 0 Å². The highest BCUT2D eigenvalue weighted by atomic mass is 16.5. The molecule has 0 spiro atoms. The fraction of sp³-hybridized carbons (Fsp3) is 0.667. The van der Waals surface area contributed by atoms with Crippen molar-refractivity contribution in [3.8, 4) is 0 Å². The van der Waals surface area contributed by atoms with Crippen molar-refractivity contribution in [3.63, 3.8) is 0 Å². The Hall–Kier alpha value is -0.930. The van der Waals surface area contributed by atoms with Crippen molar-refractivity contribution >= 4 is 0 Å². The van der Waals surface area contributed by atoms with E-state index in [1.54, 1.807) is 0 Å². The minimum absolute atomic E-state index is 0.0462. The van der Waals surface area contributed by atoms with Crippen LogP contribution in [0.3, 0.4) is 0 Å². The molecule has 1 N–H and O–H groups in total. The third-order valence-electron chi connectivity index (χ3n) is 4.01. The highest BCUT2D eigenvalue weighted by Crippen LogP contribution is 2.28. The maximum Gasteiger partial charge on any atom is 0.0666 e. The monoisotopic (exact) mass is 248 g/mol. The van der Waals surface area contributed by atoms with E-state index in [9.17, 15) is 0 Å². The van der Waals surface area contributed by atoms with Gasteiger partial charge in [-0.1, -0.05) is 13.0 Å². The third kappa shape index (κ3) is 3.30. The summed E-state index contributed by atoms with van der Waals surface area (Å²) < 4.78 is 5.88. The molecule has 2 rings (SSSR count). The van der Waals surface area contributed by atoms with Crippen LogP contribution in [0.4, 0.5) is 0 Å². The molecule has 1 aromatic heterocycles. The van der Waals surface area contributed by atoms with Crippen molar-refractivity contribution < 1.29 is 4.74 Å². The van der Waals surface area contributed by atoms with E-state index in [0.29, 0.717) is 12.1 Å². The van der Waals surface area contributed by atoms with Crippen LogP contribution in [0.1, 0.15) is 51.6 Å². The molecule has 18 heavy (non-hydrogen) atoms. The van der Waals surface area contributed by atoms with E-state index in [2.05, 4.69) is 37.1 Å². The first-order valence-electron chi connectivity index (χ1n) is 6.93. The second-order valence-corrected chi connectivity index (χ2v) is 5.52. The second-order valence-electron chi connectivity index (χ2n) is 5.52. The van der Waals surface area contributed by atoms with E-state index in [4.69, 9.17) is 4.74 Å². The van der Waals surface area contributed by atoms with Gasteiger partial charge in [0.15, 0.2) is 0 Å². The summed E-state index contributed by atoms with van der Waals surface area (Å²) in [6.07, 6.45) is 7.02. The van der Waals surface area contributed by atoms with Crippen LogP contribution >= 0.6 is 0 Å². The summed E-state index contributed by atoms with van der Waals surface area (Å²) in [6, 6.07) is 5.01. The predicted molar refractivity (Wildman–Crippen MR) is 73.5 cm³/mol. The summed E-state index contributed by atoms with van der Waals surface area (Å²) in [5.74, 6) is 0. The molecule has 0 radical (unpaired) electrons. The number of nitrogens with one attached hydrogen (secondary N) is 1. The summed E-state index contributed by atoms with van der Waals surface area (Å²) in [7, 11) is 0. The Morgan fingerprint density at radius 1 is 1.61 bits per heavy atom. The maximum atomic E-state index is 5.88. The molecule has 100 valence electrons. The molecule has 0 amide bonds. The van der Waals surface area contributed by atoms with Gasteiger partial charge in [-0.3, -0.25) is 4.98 Å². The zero-order valence-corrected chi connectivity index (χ0v) is 11.6. The lowest BCUT2D eigenvalue weighted by Crippen LogP contribution is -2.45. The smallest absolute Gasteiger partial charge is 0.0666 e. The van der Waals surface area contributed by atoms with Crippen LogP contribution in [0.25, 0.3) is 0 Å². The van der Waals surface area contributed by atoms with Crippen molar-refractivity contribution in [2.24, 2.45) is 0 Å². The van der Waals surface area contributed by atoms with Crippen molar-refractivity contribution in [3.05, 3.63) is 30.1 Å². The lowest BCUT2D eigenvalue weighted by Gasteiger charge is -2.39. The molecule has 3 nitrogen and oxygen atoms in total. The van der Waals surface area contributed by atoms with Crippen LogP contribution in [0.5, 0.6) is 0 Å². The van der Waals surface area contributed by atoms with Gasteiger partial charge in [-0.05, 0) is 44.7 Å². The van der Waals surface area contributed by atoms with Gasteiger partial charge in [-0.2, -0.15) is 0 Å². The zero-order valence-electron chi connectivity index (χ0n) is 11.6. The Morgan fingerprint density at radius 2 is 2.44 bits per heavy atom. The summed E-state index contributed by atoms with van der Waals surface area (Å²) in [5, 5.41) is 3.70. The zero-order chi connectivity index (χ0) is 13.0. The number of hydrogen-bond donors (Lipinski definition) is 1. The molecule has 1 fully saturated rings. The summed E-state index contributed by atoms with van der Waals surface area (Å²) in [5.41, 5.74) is 1.30. The highest BCUT2D eigenvalue weighted by Gasteiger charge is 2.32. The fourth-order valence-electron chi connectivity index (χ4n) is 2.60. The molecule has 3 atom stereocenters. The van der Waals surface area contributed by atoms with Crippen LogP contribution in [-0.2, 0) is 4.74 Å². The first-order valence-corrected chi connectivity index (χ1v) is 6.93. The van der Waals surface area contributed by atoms with E-state index in [0.717, 1.165) is 25.9 Å². The highest BCUT2D eigenvalue weighted by molar-refractivity contribution is 5.13. The van der Waals surface area contributed by atoms with Crippen LogP contribution in [0, 0.1) is 0 Å². The minimum atomic E-state index is 0.0462. The topological polar surface area (TPSA) is 34.2 Å². The summed E-state index contributed by atoms with van der Waals surface area (Å²) in [6.45, 7) is 7.49. The summed E-state index contributed by atoms with van der Waals surface area (Å²) >= 11 is 0. The Labute approximate surface area is 110 Å². The van der Waals surface area contributed by atoms with Crippen LogP contribution in [0.2, 0.25) is 0 Å². The van der Waals surface area contributed by atoms with Crippen LogP contribution in [0.15, 0.2) is 24.5 Å². The van der Waals surface area contributed by atoms with E-state index < -0.39 is 0 Å². The molecule has 1 aromatic rings. The molecular weight excluding hydrogens is 224 g/mol. The Bertz CT molecular complexity index is 368. The van der Waals surface area contributed by atoms with Gasteiger partial charge in [0, 0.05) is 31.1 Å². The van der Waals surface area contributed by atoms with Crippen LogP contribution < -0.4 is 5.32 Å². The van der Waals surface area contributed by atoms with Crippen molar-refractivity contribution in [2.45, 2.75) is 57.7 Å². The normalized spacial score (nSPS) is 30.1. The van der Waals surface area contributed by atoms with Gasteiger partial charge in [0.1, 0.15) is 0 Å². The molecule has 1 aliphatic rings. The van der Waals surface area contributed by atoms with Gasteiger partial charge in [0.25, 0.3) is 0 Å². The van der Waals surface area contributed by atoms with Gasteiger partial charge in [-0.25, -0.2) is 0 Å². The summed E-state index contributed by atoms with van der Waals surface area (Å²) in [4.78, 5) is 4.18. The van der Waals surface area contributed by atoms with Gasteiger partial charge in [-0.15, -0.1) is 0 Å². The number of aromatic nitrogens is 1. The molecular formula is C15H24N2O. The SMILES string of the molecule is CCC1(C)CC(NC(C)c2cccnc2)CCO1. The molecule has 2 heterocycles. The maximum absolute atomic E-state index is 5.88.